The molecule has 164 valence electrons. The first-order valence-electron chi connectivity index (χ1n) is 9.66. The molecule has 0 aliphatic carbocycles. The molecule has 0 bridgehead atoms. The molecule has 0 saturated carbocycles. The van der Waals surface area contributed by atoms with Crippen molar-refractivity contribution in [3.8, 4) is 0 Å². The van der Waals surface area contributed by atoms with E-state index >= 15 is 0 Å². The van der Waals surface area contributed by atoms with E-state index in [0.717, 1.165) is 16.9 Å². The van der Waals surface area contributed by atoms with Crippen LogP contribution in [0.4, 0.5) is 30.6 Å². The van der Waals surface area contributed by atoms with Gasteiger partial charge in [0.1, 0.15) is 17.6 Å². The van der Waals surface area contributed by atoms with Crippen molar-refractivity contribution >= 4 is 17.5 Å². The van der Waals surface area contributed by atoms with Gasteiger partial charge in [-0.3, -0.25) is 4.68 Å². The number of aliphatic hydroxyl groups is 1. The molecule has 9 nitrogen and oxygen atoms in total. The summed E-state index contributed by atoms with van der Waals surface area (Å²) in [5, 5.41) is 20.1. The number of hydrogen-bond donors (Lipinski definition) is 3. The highest BCUT2D eigenvalue weighted by molar-refractivity contribution is 5.72. The molecule has 2 aromatic rings. The van der Waals surface area contributed by atoms with Gasteiger partial charge in [0.25, 0.3) is 0 Å². The van der Waals surface area contributed by atoms with E-state index in [4.69, 9.17) is 4.74 Å². The summed E-state index contributed by atoms with van der Waals surface area (Å²) in [5.41, 5.74) is 0.567. The molecule has 12 heteroatoms. The number of nitrogens with zero attached hydrogens (tertiary/aromatic N) is 5. The Labute approximate surface area is 171 Å². The van der Waals surface area contributed by atoms with Crippen LogP contribution in [0.3, 0.4) is 0 Å². The minimum atomic E-state index is -4.45. The SMILES string of the molecule is Cc1nc(N[C@@H]2CO[C@@H](Cn3nccc3C(F)(F)F)C2)nc2c1NC(O)[C@H](C)N2C. The number of aromatic nitrogens is 4. The molecule has 3 N–H and O–H groups in total. The number of anilines is 3. The summed E-state index contributed by atoms with van der Waals surface area (Å²) in [5.74, 6) is 1.08. The lowest BCUT2D eigenvalue weighted by Crippen LogP contribution is -2.48. The number of fused-ring (bicyclic) bond motifs is 1. The summed E-state index contributed by atoms with van der Waals surface area (Å²) in [4.78, 5) is 10.9. The molecule has 0 aromatic carbocycles. The predicted octanol–water partition coefficient (Wildman–Crippen LogP) is 1.84. The Hall–Kier alpha value is -2.60. The Morgan fingerprint density at radius 3 is 2.87 bits per heavy atom. The Bertz CT molecular complexity index is 920. The van der Waals surface area contributed by atoms with E-state index in [2.05, 4.69) is 25.7 Å². The number of hydrogen-bond acceptors (Lipinski definition) is 8. The number of likely N-dealkylation sites (N-methyl/N-ethyl adjacent to an activating group) is 1. The van der Waals surface area contributed by atoms with Crippen LogP contribution in [0.1, 0.15) is 24.7 Å². The van der Waals surface area contributed by atoms with E-state index in [1.807, 2.05) is 25.8 Å². The monoisotopic (exact) mass is 427 g/mol. The van der Waals surface area contributed by atoms with Crippen molar-refractivity contribution in [2.45, 2.75) is 57.4 Å². The third-order valence-corrected chi connectivity index (χ3v) is 5.56. The van der Waals surface area contributed by atoms with E-state index in [1.165, 1.54) is 0 Å². The molecule has 4 heterocycles. The zero-order chi connectivity index (χ0) is 21.6. The Balaban J connectivity index is 1.43. The second kappa shape index (κ2) is 7.58. The van der Waals surface area contributed by atoms with Crippen molar-refractivity contribution in [1.82, 2.24) is 19.7 Å². The molecular formula is C18H24F3N7O2. The quantitative estimate of drug-likeness (QED) is 0.680. The zero-order valence-corrected chi connectivity index (χ0v) is 16.8. The largest absolute Gasteiger partial charge is 0.433 e. The summed E-state index contributed by atoms with van der Waals surface area (Å²) >= 11 is 0. The highest BCUT2D eigenvalue weighted by atomic mass is 19.4. The minimum absolute atomic E-state index is 0.0200. The summed E-state index contributed by atoms with van der Waals surface area (Å²) in [6, 6.07) is 0.648. The van der Waals surface area contributed by atoms with Crippen LogP contribution in [0.15, 0.2) is 12.3 Å². The van der Waals surface area contributed by atoms with Crippen LogP contribution in [0.25, 0.3) is 0 Å². The smallest absolute Gasteiger partial charge is 0.374 e. The molecule has 2 aliphatic rings. The second-order valence-electron chi connectivity index (χ2n) is 7.70. The van der Waals surface area contributed by atoms with Gasteiger partial charge in [-0.15, -0.1) is 0 Å². The lowest BCUT2D eigenvalue weighted by atomic mass is 10.1. The van der Waals surface area contributed by atoms with Gasteiger partial charge in [-0.2, -0.15) is 23.3 Å². The average molecular weight is 427 g/mol. The minimum Gasteiger partial charge on any atom is -0.374 e. The van der Waals surface area contributed by atoms with Crippen molar-refractivity contribution in [2.75, 3.05) is 29.2 Å². The molecular weight excluding hydrogens is 403 g/mol. The van der Waals surface area contributed by atoms with Crippen LogP contribution in [-0.2, 0) is 17.5 Å². The maximum Gasteiger partial charge on any atom is 0.433 e. The molecule has 30 heavy (non-hydrogen) atoms. The van der Waals surface area contributed by atoms with Crippen molar-refractivity contribution in [1.29, 1.82) is 0 Å². The summed E-state index contributed by atoms with van der Waals surface area (Å²) in [6.45, 7) is 4.05. The third kappa shape index (κ3) is 3.88. The fourth-order valence-electron chi connectivity index (χ4n) is 3.75. The molecule has 1 fully saturated rings. The number of alkyl halides is 3. The van der Waals surface area contributed by atoms with Gasteiger partial charge in [-0.05, 0) is 26.3 Å². The van der Waals surface area contributed by atoms with Gasteiger partial charge in [0, 0.05) is 13.2 Å². The van der Waals surface area contributed by atoms with Gasteiger partial charge in [0.05, 0.1) is 37.0 Å². The molecule has 0 amide bonds. The van der Waals surface area contributed by atoms with Gasteiger partial charge in [0.2, 0.25) is 5.95 Å². The molecule has 1 saturated heterocycles. The van der Waals surface area contributed by atoms with Gasteiger partial charge in [0.15, 0.2) is 5.82 Å². The molecule has 1 unspecified atom stereocenters. The lowest BCUT2D eigenvalue weighted by Gasteiger charge is -2.37. The van der Waals surface area contributed by atoms with Crippen molar-refractivity contribution in [2.24, 2.45) is 0 Å². The van der Waals surface area contributed by atoms with E-state index in [0.29, 0.717) is 36.2 Å². The average Bonchev–Trinajstić information content (AvgIpc) is 3.31. The molecule has 4 rings (SSSR count). The highest BCUT2D eigenvalue weighted by Gasteiger charge is 2.36. The van der Waals surface area contributed by atoms with Crippen LogP contribution in [0.2, 0.25) is 0 Å². The molecule has 0 radical (unpaired) electrons. The maximum absolute atomic E-state index is 13.0. The first-order valence-corrected chi connectivity index (χ1v) is 9.66. The molecule has 2 aliphatic heterocycles. The van der Waals surface area contributed by atoms with Gasteiger partial charge in [-0.25, -0.2) is 4.98 Å². The van der Waals surface area contributed by atoms with Crippen LogP contribution < -0.4 is 15.5 Å². The number of ether oxygens (including phenoxy) is 1. The highest BCUT2D eigenvalue weighted by Crippen LogP contribution is 2.34. The summed E-state index contributed by atoms with van der Waals surface area (Å²) < 4.78 is 45.7. The molecule has 0 spiro atoms. The van der Waals surface area contributed by atoms with Gasteiger partial charge < -0.3 is 25.4 Å². The topological polar surface area (TPSA) is 100 Å². The summed E-state index contributed by atoms with van der Waals surface area (Å²) in [7, 11) is 1.85. The number of nitrogens with one attached hydrogen (secondary N) is 2. The first kappa shape index (κ1) is 20.7. The zero-order valence-electron chi connectivity index (χ0n) is 16.8. The number of aryl methyl sites for hydroxylation is 1. The van der Waals surface area contributed by atoms with Crippen LogP contribution >= 0.6 is 0 Å². The van der Waals surface area contributed by atoms with E-state index in [9.17, 15) is 18.3 Å². The lowest BCUT2D eigenvalue weighted by molar-refractivity contribution is -0.144. The first-order chi connectivity index (χ1) is 14.1. The van der Waals surface area contributed by atoms with Crippen LogP contribution in [0.5, 0.6) is 0 Å². The molecule has 2 aromatic heterocycles. The fraction of sp³-hybridized carbons (Fsp3) is 0.611. The standard InChI is InChI=1S/C18H24F3N7O2/c1-9-14-15(27(3)10(2)16(29)25-14)26-17(23-9)24-11-6-12(30-8-11)7-28-13(4-5-22-28)18(19,20)21/h4-5,10-12,16,25,29H,6-8H2,1-3H3,(H,23,24,26)/t10-,11-,12+,16?/m0/s1. The van der Waals surface area contributed by atoms with E-state index in [1.54, 1.807) is 0 Å². The number of halogens is 3. The second-order valence-corrected chi connectivity index (χ2v) is 7.70. The fourth-order valence-corrected chi connectivity index (χ4v) is 3.75. The van der Waals surface area contributed by atoms with Crippen molar-refractivity contribution in [3.05, 3.63) is 23.7 Å². The Kier molecular flexibility index (Phi) is 5.22. The maximum atomic E-state index is 13.0. The van der Waals surface area contributed by atoms with E-state index in [-0.39, 0.29) is 18.6 Å². The van der Waals surface area contributed by atoms with Crippen LogP contribution in [-0.4, -0.2) is 62.9 Å². The number of rotatable bonds is 4. The van der Waals surface area contributed by atoms with Gasteiger partial charge >= 0.3 is 6.18 Å². The van der Waals surface area contributed by atoms with Crippen LogP contribution in [0, 0.1) is 6.92 Å². The Morgan fingerprint density at radius 1 is 1.37 bits per heavy atom. The molecule has 4 atom stereocenters. The normalized spacial score (nSPS) is 26.4. The summed E-state index contributed by atoms with van der Waals surface area (Å²) in [6.07, 6.45) is -3.94. The predicted molar refractivity (Wildman–Crippen MR) is 103 cm³/mol. The van der Waals surface area contributed by atoms with E-state index < -0.39 is 24.2 Å². The van der Waals surface area contributed by atoms with Crippen molar-refractivity contribution < 1.29 is 23.0 Å². The third-order valence-electron chi connectivity index (χ3n) is 5.56. The van der Waals surface area contributed by atoms with Crippen molar-refractivity contribution in [3.63, 3.8) is 0 Å². The Morgan fingerprint density at radius 2 is 2.13 bits per heavy atom. The number of aliphatic hydroxyl groups excluding tert-OH is 1. The van der Waals surface area contributed by atoms with Gasteiger partial charge in [-0.1, -0.05) is 0 Å².